The van der Waals surface area contributed by atoms with E-state index in [1.165, 1.54) is 17.4 Å². The summed E-state index contributed by atoms with van der Waals surface area (Å²) in [5, 5.41) is 5.19. The molecule has 4 aromatic rings. The zero-order valence-electron chi connectivity index (χ0n) is 18.2. The van der Waals surface area contributed by atoms with E-state index in [2.05, 4.69) is 20.3 Å². The van der Waals surface area contributed by atoms with E-state index in [1.54, 1.807) is 17.2 Å². The average Bonchev–Trinajstić information content (AvgIpc) is 3.43. The van der Waals surface area contributed by atoms with Crippen molar-refractivity contribution in [2.75, 3.05) is 25.0 Å². The van der Waals surface area contributed by atoms with Crippen LogP contribution in [0.25, 0.3) is 27.6 Å². The number of urea groups is 1. The number of carbonyl (C=O) groups excluding carboxylic acids is 1. The quantitative estimate of drug-likeness (QED) is 0.424. The van der Waals surface area contributed by atoms with Crippen LogP contribution in [0.2, 0.25) is 0 Å². The highest BCUT2D eigenvalue weighted by Crippen LogP contribution is 2.34. The van der Waals surface area contributed by atoms with E-state index in [1.807, 2.05) is 16.0 Å². The number of halogens is 2. The van der Waals surface area contributed by atoms with Crippen molar-refractivity contribution in [1.82, 2.24) is 24.3 Å². The molecule has 4 heterocycles. The standard InChI is InChI=1S/C23H23F2N7OS/c24-16-2-1-15(13-17(16)25)19-20(32-11-12-34-23(32)30-19)18-4-8-28-22(29-18)27-7-3-14-5-9-31(10-6-14)21(26)33/h1-2,4,8,11-14H,3,5-7,9-10H2,(H2,26,33)(H,27,28,29). The van der Waals surface area contributed by atoms with E-state index >= 15 is 0 Å². The second-order valence-corrected chi connectivity index (χ2v) is 9.12. The fourth-order valence-electron chi connectivity index (χ4n) is 4.28. The summed E-state index contributed by atoms with van der Waals surface area (Å²) in [5.74, 6) is -0.841. The van der Waals surface area contributed by atoms with Gasteiger partial charge in [-0.25, -0.2) is 28.5 Å². The molecule has 0 radical (unpaired) electrons. The van der Waals surface area contributed by atoms with Gasteiger partial charge in [-0.3, -0.25) is 4.40 Å². The number of imidazole rings is 1. The topological polar surface area (TPSA) is 101 Å². The van der Waals surface area contributed by atoms with Gasteiger partial charge in [0.2, 0.25) is 5.95 Å². The molecule has 0 bridgehead atoms. The predicted molar refractivity (Wildman–Crippen MR) is 126 cm³/mol. The number of hydrogen-bond donors (Lipinski definition) is 2. The van der Waals surface area contributed by atoms with Crippen molar-refractivity contribution in [3.8, 4) is 22.6 Å². The molecule has 1 aromatic carbocycles. The molecule has 1 aliphatic rings. The summed E-state index contributed by atoms with van der Waals surface area (Å²) in [6, 6.07) is 5.18. The van der Waals surface area contributed by atoms with Crippen molar-refractivity contribution in [1.29, 1.82) is 0 Å². The molecule has 3 N–H and O–H groups in total. The highest BCUT2D eigenvalue weighted by atomic mass is 32.1. The molecule has 0 saturated carbocycles. The van der Waals surface area contributed by atoms with Crippen LogP contribution in [0.1, 0.15) is 19.3 Å². The molecule has 11 heteroatoms. The lowest BCUT2D eigenvalue weighted by atomic mass is 9.94. The number of hydrogen-bond acceptors (Lipinski definition) is 6. The van der Waals surface area contributed by atoms with E-state index in [-0.39, 0.29) is 6.03 Å². The van der Waals surface area contributed by atoms with Crippen LogP contribution in [0.4, 0.5) is 19.5 Å². The van der Waals surface area contributed by atoms with Gasteiger partial charge < -0.3 is 16.0 Å². The molecule has 8 nitrogen and oxygen atoms in total. The molecule has 2 amide bonds. The number of nitrogens with zero attached hydrogens (tertiary/aromatic N) is 5. The van der Waals surface area contributed by atoms with Crippen molar-refractivity contribution in [2.45, 2.75) is 19.3 Å². The van der Waals surface area contributed by atoms with Gasteiger partial charge >= 0.3 is 6.03 Å². The Morgan fingerprint density at radius 2 is 2.00 bits per heavy atom. The highest BCUT2D eigenvalue weighted by molar-refractivity contribution is 7.15. The second-order valence-electron chi connectivity index (χ2n) is 8.24. The lowest BCUT2D eigenvalue weighted by Crippen LogP contribution is -2.41. The van der Waals surface area contributed by atoms with Gasteiger partial charge in [0.15, 0.2) is 16.6 Å². The molecule has 3 aromatic heterocycles. The molecule has 176 valence electrons. The number of aromatic nitrogens is 4. The Morgan fingerprint density at radius 3 is 2.76 bits per heavy atom. The van der Waals surface area contributed by atoms with Crippen molar-refractivity contribution in [3.05, 3.63) is 53.7 Å². The van der Waals surface area contributed by atoms with Crippen molar-refractivity contribution in [3.63, 3.8) is 0 Å². The maximum atomic E-state index is 13.9. The molecule has 0 unspecified atom stereocenters. The fourth-order valence-corrected chi connectivity index (χ4v) is 5.00. The van der Waals surface area contributed by atoms with Crippen molar-refractivity contribution >= 4 is 28.3 Å². The minimum absolute atomic E-state index is 0.357. The van der Waals surface area contributed by atoms with Gasteiger partial charge in [-0.1, -0.05) is 0 Å². The smallest absolute Gasteiger partial charge is 0.314 e. The molecule has 1 saturated heterocycles. The van der Waals surface area contributed by atoms with Gasteiger partial charge in [-0.15, -0.1) is 11.3 Å². The number of amides is 2. The second kappa shape index (κ2) is 9.34. The number of primary amides is 1. The molecule has 34 heavy (non-hydrogen) atoms. The minimum atomic E-state index is -0.925. The van der Waals surface area contributed by atoms with E-state index in [0.29, 0.717) is 54.1 Å². The summed E-state index contributed by atoms with van der Waals surface area (Å²) in [4.78, 5) is 27.3. The van der Waals surface area contributed by atoms with E-state index in [0.717, 1.165) is 36.4 Å². The number of nitrogens with one attached hydrogen (secondary N) is 1. The number of fused-ring (bicyclic) bond motifs is 1. The third-order valence-electron chi connectivity index (χ3n) is 6.12. The normalized spacial score (nSPS) is 14.6. The van der Waals surface area contributed by atoms with E-state index in [4.69, 9.17) is 5.73 Å². The lowest BCUT2D eigenvalue weighted by molar-refractivity contribution is 0.177. The van der Waals surface area contributed by atoms with Crippen LogP contribution in [0, 0.1) is 17.6 Å². The number of carbonyl (C=O) groups is 1. The third kappa shape index (κ3) is 4.43. The maximum Gasteiger partial charge on any atom is 0.314 e. The monoisotopic (exact) mass is 483 g/mol. The number of rotatable bonds is 6. The number of benzene rings is 1. The van der Waals surface area contributed by atoms with Crippen LogP contribution in [-0.2, 0) is 0 Å². The summed E-state index contributed by atoms with van der Waals surface area (Å²) in [6.45, 7) is 2.08. The number of nitrogens with two attached hydrogens (primary N) is 1. The highest BCUT2D eigenvalue weighted by Gasteiger charge is 2.22. The molecule has 1 fully saturated rings. The molecule has 0 atom stereocenters. The van der Waals surface area contributed by atoms with Crippen LogP contribution in [0.15, 0.2) is 42.0 Å². The molecular weight excluding hydrogens is 460 g/mol. The zero-order valence-corrected chi connectivity index (χ0v) is 19.1. The Labute approximate surface area is 198 Å². The summed E-state index contributed by atoms with van der Waals surface area (Å²) in [7, 11) is 0. The van der Waals surface area contributed by atoms with Gasteiger partial charge in [0.1, 0.15) is 5.69 Å². The van der Waals surface area contributed by atoms with Gasteiger partial charge in [0.05, 0.1) is 11.4 Å². The third-order valence-corrected chi connectivity index (χ3v) is 6.87. The summed E-state index contributed by atoms with van der Waals surface area (Å²) >= 11 is 1.45. The predicted octanol–water partition coefficient (Wildman–Crippen LogP) is 4.39. The molecule has 5 rings (SSSR count). The van der Waals surface area contributed by atoms with E-state index < -0.39 is 11.6 Å². The summed E-state index contributed by atoms with van der Waals surface area (Å²) < 4.78 is 29.3. The first-order valence-electron chi connectivity index (χ1n) is 11.0. The van der Waals surface area contributed by atoms with Crippen molar-refractivity contribution in [2.24, 2.45) is 11.7 Å². The van der Waals surface area contributed by atoms with E-state index in [9.17, 15) is 13.6 Å². The zero-order chi connectivity index (χ0) is 23.7. The average molecular weight is 484 g/mol. The Kier molecular flexibility index (Phi) is 6.10. The Balaban J connectivity index is 1.34. The first-order valence-corrected chi connectivity index (χ1v) is 11.9. The van der Waals surface area contributed by atoms with Crippen LogP contribution < -0.4 is 11.1 Å². The van der Waals surface area contributed by atoms with Crippen LogP contribution in [-0.4, -0.2) is 49.9 Å². The first-order chi connectivity index (χ1) is 16.5. The number of piperidine rings is 1. The summed E-state index contributed by atoms with van der Waals surface area (Å²) in [5.41, 5.74) is 7.66. The fraction of sp³-hybridized carbons (Fsp3) is 0.304. The Hall–Kier alpha value is -3.60. The van der Waals surface area contributed by atoms with Crippen molar-refractivity contribution < 1.29 is 13.6 Å². The molecular formula is C23H23F2N7OS. The van der Waals surface area contributed by atoms with Gasteiger partial charge in [0.25, 0.3) is 0 Å². The SMILES string of the molecule is NC(=O)N1CCC(CCNc2nccc(-c3c(-c4ccc(F)c(F)c4)nc4sccn34)n2)CC1. The molecule has 1 aliphatic heterocycles. The van der Waals surface area contributed by atoms with Crippen LogP contribution in [0.3, 0.4) is 0 Å². The number of likely N-dealkylation sites (tertiary alicyclic amines) is 1. The van der Waals surface area contributed by atoms with Crippen LogP contribution >= 0.6 is 11.3 Å². The number of thiazole rings is 1. The first kappa shape index (κ1) is 22.2. The number of anilines is 1. The minimum Gasteiger partial charge on any atom is -0.354 e. The maximum absolute atomic E-state index is 13.9. The van der Waals surface area contributed by atoms with Gasteiger partial charge in [0, 0.05) is 43.0 Å². The molecule has 0 spiro atoms. The summed E-state index contributed by atoms with van der Waals surface area (Å²) in [6.07, 6.45) is 6.32. The Morgan fingerprint density at radius 1 is 1.18 bits per heavy atom. The largest absolute Gasteiger partial charge is 0.354 e. The van der Waals surface area contributed by atoms with Gasteiger partial charge in [-0.05, 0) is 49.4 Å². The molecule has 0 aliphatic carbocycles. The lowest BCUT2D eigenvalue weighted by Gasteiger charge is -2.30. The Bertz CT molecular complexity index is 1330. The van der Waals surface area contributed by atoms with Gasteiger partial charge in [-0.2, -0.15) is 0 Å². The van der Waals surface area contributed by atoms with Crippen LogP contribution in [0.5, 0.6) is 0 Å².